The second-order valence-corrected chi connectivity index (χ2v) is 6.19. The molecule has 0 radical (unpaired) electrons. The molecule has 0 fully saturated rings. The van der Waals surface area contributed by atoms with Gasteiger partial charge in [-0.05, 0) is 52.3 Å². The second-order valence-electron chi connectivity index (χ2n) is 4.42. The Balaban J connectivity index is 1.95. The smallest absolute Gasteiger partial charge is 0.251 e. The van der Waals surface area contributed by atoms with E-state index < -0.39 is 6.04 Å². The van der Waals surface area contributed by atoms with Crippen molar-refractivity contribution in [3.8, 4) is 0 Å². The Kier molecular flexibility index (Phi) is 3.52. The number of rotatable bonds is 2. The van der Waals surface area contributed by atoms with Crippen molar-refractivity contribution in [1.82, 2.24) is 0 Å². The van der Waals surface area contributed by atoms with Gasteiger partial charge in [0.2, 0.25) is 0 Å². The topological polar surface area (TPSA) is 41.1 Å². The quantitative estimate of drug-likeness (QED) is 0.782. The lowest BCUT2D eigenvalue weighted by atomic mass is 10.1. The molecule has 2 N–H and O–H groups in total. The lowest BCUT2D eigenvalue weighted by molar-refractivity contribution is -0.116. The van der Waals surface area contributed by atoms with Crippen molar-refractivity contribution in [1.29, 1.82) is 0 Å². The molecule has 0 bridgehead atoms. The standard InChI is InChI=1S/C14H9Br2FN2O/c15-7-1-3-11-9(5-7)13(14(20)19-11)18-12-4-2-8(17)6-10(12)16/h1-6,13,18H,(H,19,20). The highest BCUT2D eigenvalue weighted by atomic mass is 79.9. The molecule has 1 unspecified atom stereocenters. The van der Waals surface area contributed by atoms with Gasteiger partial charge in [0.15, 0.2) is 0 Å². The third-order valence-electron chi connectivity index (χ3n) is 3.08. The number of amides is 1. The number of carbonyl (C=O) groups excluding carboxylic acids is 1. The summed E-state index contributed by atoms with van der Waals surface area (Å²) in [6, 6.07) is 9.42. The monoisotopic (exact) mass is 398 g/mol. The van der Waals surface area contributed by atoms with E-state index in [9.17, 15) is 9.18 Å². The molecule has 6 heteroatoms. The summed E-state index contributed by atoms with van der Waals surface area (Å²) in [5, 5.41) is 5.94. The van der Waals surface area contributed by atoms with Gasteiger partial charge in [-0.1, -0.05) is 15.9 Å². The fraction of sp³-hybridized carbons (Fsp3) is 0.0714. The molecule has 2 aromatic rings. The maximum atomic E-state index is 13.1. The first kappa shape index (κ1) is 13.6. The van der Waals surface area contributed by atoms with Crippen LogP contribution in [0.5, 0.6) is 0 Å². The summed E-state index contributed by atoms with van der Waals surface area (Å²) < 4.78 is 14.6. The third kappa shape index (κ3) is 2.45. The summed E-state index contributed by atoms with van der Waals surface area (Å²) in [6.45, 7) is 0. The molecule has 3 nitrogen and oxygen atoms in total. The first-order chi connectivity index (χ1) is 9.54. The Morgan fingerprint density at radius 2 is 1.95 bits per heavy atom. The SMILES string of the molecule is O=C1Nc2ccc(Br)cc2C1Nc1ccc(F)cc1Br. The van der Waals surface area contributed by atoms with Gasteiger partial charge in [-0.2, -0.15) is 0 Å². The molecule has 1 aliphatic heterocycles. The van der Waals surface area contributed by atoms with Crippen molar-refractivity contribution < 1.29 is 9.18 Å². The molecule has 3 rings (SSSR count). The van der Waals surface area contributed by atoms with Crippen LogP contribution in [0.3, 0.4) is 0 Å². The summed E-state index contributed by atoms with van der Waals surface area (Å²) in [6.07, 6.45) is 0. The number of nitrogens with one attached hydrogen (secondary N) is 2. The summed E-state index contributed by atoms with van der Waals surface area (Å²) in [5.41, 5.74) is 2.31. The van der Waals surface area contributed by atoms with Crippen molar-refractivity contribution in [2.75, 3.05) is 10.6 Å². The Labute approximate surface area is 131 Å². The van der Waals surface area contributed by atoms with Gasteiger partial charge in [-0.25, -0.2) is 4.39 Å². The number of hydrogen-bond donors (Lipinski definition) is 2. The number of halogens is 3. The number of carbonyl (C=O) groups is 1. The van der Waals surface area contributed by atoms with Crippen molar-refractivity contribution in [2.24, 2.45) is 0 Å². The summed E-state index contributed by atoms with van der Waals surface area (Å²) in [7, 11) is 0. The third-order valence-corrected chi connectivity index (χ3v) is 4.22. The van der Waals surface area contributed by atoms with Gasteiger partial charge in [-0.15, -0.1) is 0 Å². The summed E-state index contributed by atoms with van der Waals surface area (Å²) in [4.78, 5) is 12.0. The van der Waals surface area contributed by atoms with Gasteiger partial charge in [0.1, 0.15) is 11.9 Å². The van der Waals surface area contributed by atoms with Crippen molar-refractivity contribution in [3.05, 3.63) is 56.7 Å². The van der Waals surface area contributed by atoms with Crippen LogP contribution in [0.4, 0.5) is 15.8 Å². The molecular formula is C14H9Br2FN2O. The van der Waals surface area contributed by atoms with Crippen LogP contribution in [0, 0.1) is 5.82 Å². The van der Waals surface area contributed by atoms with Crippen LogP contribution < -0.4 is 10.6 Å². The van der Waals surface area contributed by atoms with Crippen LogP contribution in [0.15, 0.2) is 45.3 Å². The van der Waals surface area contributed by atoms with Crippen LogP contribution in [-0.2, 0) is 4.79 Å². The van der Waals surface area contributed by atoms with Gasteiger partial charge in [0, 0.05) is 25.9 Å². The van der Waals surface area contributed by atoms with E-state index in [1.165, 1.54) is 12.1 Å². The van der Waals surface area contributed by atoms with E-state index in [-0.39, 0.29) is 11.7 Å². The Morgan fingerprint density at radius 1 is 1.15 bits per heavy atom. The van der Waals surface area contributed by atoms with Crippen LogP contribution in [0.25, 0.3) is 0 Å². The normalized spacial score (nSPS) is 16.8. The molecule has 2 aromatic carbocycles. The van der Waals surface area contributed by atoms with E-state index in [1.54, 1.807) is 6.07 Å². The van der Waals surface area contributed by atoms with E-state index in [0.29, 0.717) is 10.2 Å². The number of benzene rings is 2. The highest BCUT2D eigenvalue weighted by Crippen LogP contribution is 2.36. The first-order valence-corrected chi connectivity index (χ1v) is 7.45. The van der Waals surface area contributed by atoms with E-state index in [1.807, 2.05) is 18.2 Å². The molecule has 20 heavy (non-hydrogen) atoms. The lowest BCUT2D eigenvalue weighted by Gasteiger charge is -2.14. The van der Waals surface area contributed by atoms with Crippen LogP contribution in [0.2, 0.25) is 0 Å². The molecular weight excluding hydrogens is 391 g/mol. The number of hydrogen-bond acceptors (Lipinski definition) is 2. The largest absolute Gasteiger partial charge is 0.369 e. The first-order valence-electron chi connectivity index (χ1n) is 5.86. The zero-order valence-corrected chi connectivity index (χ0v) is 13.3. The van der Waals surface area contributed by atoms with Gasteiger partial charge in [-0.3, -0.25) is 4.79 Å². The van der Waals surface area contributed by atoms with Crippen molar-refractivity contribution in [3.63, 3.8) is 0 Å². The summed E-state index contributed by atoms with van der Waals surface area (Å²) in [5.74, 6) is -0.462. The fourth-order valence-corrected chi connectivity index (χ4v) is 2.98. The lowest BCUT2D eigenvalue weighted by Crippen LogP contribution is -2.19. The van der Waals surface area contributed by atoms with Gasteiger partial charge in [0.05, 0.1) is 0 Å². The van der Waals surface area contributed by atoms with Crippen molar-refractivity contribution in [2.45, 2.75) is 6.04 Å². The highest BCUT2D eigenvalue weighted by Gasteiger charge is 2.30. The van der Waals surface area contributed by atoms with Crippen molar-refractivity contribution >= 4 is 49.1 Å². The average molecular weight is 400 g/mol. The fourth-order valence-electron chi connectivity index (χ4n) is 2.14. The van der Waals surface area contributed by atoms with E-state index in [2.05, 4.69) is 42.5 Å². The minimum atomic E-state index is -0.496. The molecule has 0 aromatic heterocycles. The van der Waals surface area contributed by atoms with E-state index >= 15 is 0 Å². The maximum absolute atomic E-state index is 13.1. The van der Waals surface area contributed by atoms with Crippen LogP contribution in [-0.4, -0.2) is 5.91 Å². The van der Waals surface area contributed by atoms with Gasteiger partial charge < -0.3 is 10.6 Å². The number of fused-ring (bicyclic) bond motifs is 1. The molecule has 1 amide bonds. The zero-order valence-electron chi connectivity index (χ0n) is 10.1. The van der Waals surface area contributed by atoms with E-state index in [4.69, 9.17) is 0 Å². The van der Waals surface area contributed by atoms with Gasteiger partial charge >= 0.3 is 0 Å². The Hall–Kier alpha value is -1.40. The predicted octanol–water partition coefficient (Wildman–Crippen LogP) is 4.46. The summed E-state index contributed by atoms with van der Waals surface area (Å²) >= 11 is 6.68. The molecule has 0 spiro atoms. The molecule has 0 saturated heterocycles. The molecule has 102 valence electrons. The molecule has 0 aliphatic carbocycles. The molecule has 0 saturated carbocycles. The number of anilines is 2. The predicted molar refractivity (Wildman–Crippen MR) is 83.2 cm³/mol. The van der Waals surface area contributed by atoms with Gasteiger partial charge in [0.25, 0.3) is 5.91 Å². The van der Waals surface area contributed by atoms with E-state index in [0.717, 1.165) is 15.7 Å². The Bertz CT molecular complexity index is 706. The minimum Gasteiger partial charge on any atom is -0.369 e. The van der Waals surface area contributed by atoms with Crippen LogP contribution in [0.1, 0.15) is 11.6 Å². The molecule has 1 aliphatic rings. The average Bonchev–Trinajstić information content (AvgIpc) is 2.69. The maximum Gasteiger partial charge on any atom is 0.251 e. The molecule has 1 heterocycles. The zero-order chi connectivity index (χ0) is 14.3. The Morgan fingerprint density at radius 3 is 2.70 bits per heavy atom. The second kappa shape index (κ2) is 5.18. The highest BCUT2D eigenvalue weighted by molar-refractivity contribution is 9.10. The van der Waals surface area contributed by atoms with Crippen LogP contribution >= 0.6 is 31.9 Å². The minimum absolute atomic E-state index is 0.130. The molecule has 1 atom stereocenters.